The van der Waals surface area contributed by atoms with Crippen LogP contribution in [-0.2, 0) is 13.1 Å². The lowest BCUT2D eigenvalue weighted by Gasteiger charge is -2.33. The highest BCUT2D eigenvalue weighted by atomic mass is 127. The fraction of sp³-hybridized carbons (Fsp3) is 0.474. The molecule has 0 aliphatic carbocycles. The first kappa shape index (κ1) is 21.6. The van der Waals surface area contributed by atoms with E-state index in [1.807, 2.05) is 18.2 Å². The molecule has 2 aromatic rings. The molecule has 2 N–H and O–H groups in total. The summed E-state index contributed by atoms with van der Waals surface area (Å²) in [6, 6.07) is 8.99. The van der Waals surface area contributed by atoms with Gasteiger partial charge in [0.15, 0.2) is 5.96 Å². The number of nitrogens with zero attached hydrogens (tertiary/aromatic N) is 3. The minimum Gasteiger partial charge on any atom is -0.364 e. The molecule has 1 saturated heterocycles. The van der Waals surface area contributed by atoms with Crippen LogP contribution in [0.15, 0.2) is 46.1 Å². The Balaban J connectivity index is 0.00000261. The molecular weight excluding hydrogens is 460 g/mol. The maximum atomic E-state index is 13.0. The molecule has 8 heteroatoms. The standard InChI is InChI=1S/C19H26FN5O.HI/c1-2-21-19(22-13-18-9-12-26-24-18)23-17-7-10-25(11-8-17)14-15-3-5-16(20)6-4-15;/h3-6,9,12,17H,2,7-8,10-11,13-14H2,1H3,(H2,21,22,23);1H. The van der Waals surface area contributed by atoms with E-state index in [9.17, 15) is 4.39 Å². The van der Waals surface area contributed by atoms with Crippen molar-refractivity contribution in [2.24, 2.45) is 4.99 Å². The van der Waals surface area contributed by atoms with Crippen molar-refractivity contribution in [2.45, 2.75) is 38.9 Å². The third kappa shape index (κ3) is 7.10. The smallest absolute Gasteiger partial charge is 0.191 e. The van der Waals surface area contributed by atoms with E-state index in [4.69, 9.17) is 4.52 Å². The maximum Gasteiger partial charge on any atom is 0.191 e. The Morgan fingerprint density at radius 2 is 2.00 bits per heavy atom. The van der Waals surface area contributed by atoms with Crippen LogP contribution in [0.1, 0.15) is 31.0 Å². The second kappa shape index (κ2) is 11.2. The minimum absolute atomic E-state index is 0. The Hall–Kier alpha value is -1.68. The fourth-order valence-corrected chi connectivity index (χ4v) is 3.08. The lowest BCUT2D eigenvalue weighted by atomic mass is 10.0. The molecule has 0 radical (unpaired) electrons. The Morgan fingerprint density at radius 3 is 2.63 bits per heavy atom. The van der Waals surface area contributed by atoms with Crippen molar-refractivity contribution in [1.82, 2.24) is 20.7 Å². The molecule has 27 heavy (non-hydrogen) atoms. The lowest BCUT2D eigenvalue weighted by molar-refractivity contribution is 0.198. The van der Waals surface area contributed by atoms with Gasteiger partial charge < -0.3 is 15.2 Å². The number of rotatable bonds is 6. The van der Waals surface area contributed by atoms with E-state index >= 15 is 0 Å². The van der Waals surface area contributed by atoms with Crippen LogP contribution in [0.25, 0.3) is 0 Å². The third-order valence-corrected chi connectivity index (χ3v) is 4.48. The number of likely N-dealkylation sites (tertiary alicyclic amines) is 1. The van der Waals surface area contributed by atoms with E-state index in [1.54, 1.807) is 6.26 Å². The number of aliphatic imine (C=N–C) groups is 1. The highest BCUT2D eigenvalue weighted by Gasteiger charge is 2.20. The zero-order chi connectivity index (χ0) is 18.2. The molecule has 2 heterocycles. The van der Waals surface area contributed by atoms with E-state index in [1.165, 1.54) is 12.1 Å². The summed E-state index contributed by atoms with van der Waals surface area (Å²) in [4.78, 5) is 6.98. The van der Waals surface area contributed by atoms with E-state index < -0.39 is 0 Å². The molecule has 0 atom stereocenters. The van der Waals surface area contributed by atoms with Crippen molar-refractivity contribution in [3.63, 3.8) is 0 Å². The van der Waals surface area contributed by atoms with E-state index in [2.05, 4.69) is 32.6 Å². The van der Waals surface area contributed by atoms with Gasteiger partial charge in [0.05, 0.1) is 6.54 Å². The molecule has 1 aliphatic rings. The Kier molecular flexibility index (Phi) is 8.99. The van der Waals surface area contributed by atoms with Gasteiger partial charge in [-0.15, -0.1) is 24.0 Å². The Morgan fingerprint density at radius 1 is 1.26 bits per heavy atom. The zero-order valence-corrected chi connectivity index (χ0v) is 17.9. The number of hydrogen-bond donors (Lipinski definition) is 2. The van der Waals surface area contributed by atoms with Crippen molar-refractivity contribution in [2.75, 3.05) is 19.6 Å². The molecule has 3 rings (SSSR count). The normalized spacial score (nSPS) is 16.0. The van der Waals surface area contributed by atoms with Gasteiger partial charge in [0.25, 0.3) is 0 Å². The summed E-state index contributed by atoms with van der Waals surface area (Å²) >= 11 is 0. The van der Waals surface area contributed by atoms with Crippen molar-refractivity contribution in [3.8, 4) is 0 Å². The van der Waals surface area contributed by atoms with E-state index in [0.717, 1.165) is 56.2 Å². The molecule has 0 unspecified atom stereocenters. The summed E-state index contributed by atoms with van der Waals surface area (Å²) in [5.74, 6) is 0.630. The Bertz CT molecular complexity index is 685. The van der Waals surface area contributed by atoms with Gasteiger partial charge in [-0.1, -0.05) is 17.3 Å². The monoisotopic (exact) mass is 487 g/mol. The summed E-state index contributed by atoms with van der Waals surface area (Å²) in [6.45, 7) is 6.25. The maximum absolute atomic E-state index is 13.0. The van der Waals surface area contributed by atoms with Crippen LogP contribution in [0.5, 0.6) is 0 Å². The lowest BCUT2D eigenvalue weighted by Crippen LogP contribution is -2.48. The van der Waals surface area contributed by atoms with Crippen molar-refractivity contribution < 1.29 is 8.91 Å². The topological polar surface area (TPSA) is 65.7 Å². The molecule has 6 nitrogen and oxygen atoms in total. The quantitative estimate of drug-likeness (QED) is 0.373. The van der Waals surface area contributed by atoms with Crippen LogP contribution in [0, 0.1) is 5.82 Å². The number of piperidine rings is 1. The second-order valence-corrected chi connectivity index (χ2v) is 6.51. The van der Waals surface area contributed by atoms with Gasteiger partial charge in [-0.05, 0) is 37.5 Å². The molecular formula is C19H27FIN5O. The number of hydrogen-bond acceptors (Lipinski definition) is 4. The third-order valence-electron chi connectivity index (χ3n) is 4.48. The number of guanidine groups is 1. The SMILES string of the molecule is CCNC(=NCc1ccon1)NC1CCN(Cc2ccc(F)cc2)CC1.I. The molecule has 0 bridgehead atoms. The second-order valence-electron chi connectivity index (χ2n) is 6.51. The molecule has 1 aliphatic heterocycles. The minimum atomic E-state index is -0.183. The van der Waals surface area contributed by atoms with Crippen molar-refractivity contribution in [1.29, 1.82) is 0 Å². The first-order chi connectivity index (χ1) is 12.7. The van der Waals surface area contributed by atoms with Gasteiger partial charge in [0, 0.05) is 38.3 Å². The van der Waals surface area contributed by atoms with Gasteiger partial charge in [-0.2, -0.15) is 0 Å². The Labute approximate surface area is 176 Å². The summed E-state index contributed by atoms with van der Waals surface area (Å²) in [7, 11) is 0. The van der Waals surface area contributed by atoms with Crippen molar-refractivity contribution in [3.05, 3.63) is 53.7 Å². The average molecular weight is 487 g/mol. The molecule has 1 aromatic carbocycles. The van der Waals surface area contributed by atoms with E-state index in [0.29, 0.717) is 12.6 Å². The van der Waals surface area contributed by atoms with Gasteiger partial charge in [-0.3, -0.25) is 4.90 Å². The van der Waals surface area contributed by atoms with Crippen LogP contribution in [0.3, 0.4) is 0 Å². The number of nitrogens with one attached hydrogen (secondary N) is 2. The molecule has 148 valence electrons. The number of halogens is 2. The first-order valence-corrected chi connectivity index (χ1v) is 9.14. The van der Waals surface area contributed by atoms with Crippen LogP contribution >= 0.6 is 24.0 Å². The average Bonchev–Trinajstić information content (AvgIpc) is 3.17. The van der Waals surface area contributed by atoms with Gasteiger partial charge in [0.2, 0.25) is 0 Å². The molecule has 0 spiro atoms. The summed E-state index contributed by atoms with van der Waals surface area (Å²) < 4.78 is 17.8. The van der Waals surface area contributed by atoms with Crippen LogP contribution < -0.4 is 10.6 Å². The summed E-state index contributed by atoms with van der Waals surface area (Å²) in [5.41, 5.74) is 1.97. The van der Waals surface area contributed by atoms with Crippen LogP contribution in [0.2, 0.25) is 0 Å². The number of aromatic nitrogens is 1. The molecule has 0 amide bonds. The predicted octanol–water partition coefficient (Wildman–Crippen LogP) is 3.15. The largest absolute Gasteiger partial charge is 0.364 e. The van der Waals surface area contributed by atoms with Crippen LogP contribution in [-0.4, -0.2) is 41.7 Å². The number of benzene rings is 1. The van der Waals surface area contributed by atoms with Crippen molar-refractivity contribution >= 4 is 29.9 Å². The highest BCUT2D eigenvalue weighted by Crippen LogP contribution is 2.14. The van der Waals surface area contributed by atoms with Gasteiger partial charge in [0.1, 0.15) is 17.8 Å². The summed E-state index contributed by atoms with van der Waals surface area (Å²) in [5, 5.41) is 10.7. The van der Waals surface area contributed by atoms with E-state index in [-0.39, 0.29) is 29.8 Å². The zero-order valence-electron chi connectivity index (χ0n) is 15.5. The predicted molar refractivity (Wildman–Crippen MR) is 115 cm³/mol. The molecule has 1 fully saturated rings. The first-order valence-electron chi connectivity index (χ1n) is 9.14. The summed E-state index contributed by atoms with van der Waals surface area (Å²) in [6.07, 6.45) is 3.66. The molecule has 0 saturated carbocycles. The van der Waals surface area contributed by atoms with Crippen LogP contribution in [0.4, 0.5) is 4.39 Å². The highest BCUT2D eigenvalue weighted by molar-refractivity contribution is 14.0. The fourth-order valence-electron chi connectivity index (χ4n) is 3.08. The van der Waals surface area contributed by atoms with Gasteiger partial charge >= 0.3 is 0 Å². The van der Waals surface area contributed by atoms with Gasteiger partial charge in [-0.25, -0.2) is 9.38 Å². The molecule has 1 aromatic heterocycles.